The summed E-state index contributed by atoms with van der Waals surface area (Å²) in [5.74, 6) is 0.683. The molecule has 1 aliphatic heterocycles. The molecule has 0 aliphatic carbocycles. The molecule has 0 saturated carbocycles. The van der Waals surface area contributed by atoms with Gasteiger partial charge in [0.15, 0.2) is 11.5 Å². The van der Waals surface area contributed by atoms with Crippen molar-refractivity contribution in [2.24, 2.45) is 0 Å². The molecule has 1 amide bonds. The summed E-state index contributed by atoms with van der Waals surface area (Å²) in [5, 5.41) is 13.5. The van der Waals surface area contributed by atoms with Crippen molar-refractivity contribution in [2.75, 3.05) is 24.5 Å². The Morgan fingerprint density at radius 1 is 1.29 bits per heavy atom. The monoisotopic (exact) mass is 614 g/mol. The van der Waals surface area contributed by atoms with Gasteiger partial charge in [-0.2, -0.15) is 13.9 Å². The number of anilines is 1. The smallest absolute Gasteiger partial charge is 0.283 e. The maximum atomic E-state index is 13.9. The number of rotatable bonds is 14. The van der Waals surface area contributed by atoms with E-state index < -0.39 is 5.66 Å². The van der Waals surface area contributed by atoms with Crippen LogP contribution in [0, 0.1) is 0 Å². The molecule has 11 heteroatoms. The summed E-state index contributed by atoms with van der Waals surface area (Å²) in [6, 6.07) is 2.19. The van der Waals surface area contributed by atoms with Gasteiger partial charge in [-0.1, -0.05) is 55.2 Å². The molecule has 0 fully saturated rings. The van der Waals surface area contributed by atoms with Crippen molar-refractivity contribution in [3.63, 3.8) is 0 Å². The minimum atomic E-state index is -3.13. The zero-order chi connectivity index (χ0) is 30.3. The molecule has 7 nitrogen and oxygen atoms in total. The van der Waals surface area contributed by atoms with Gasteiger partial charge in [0.05, 0.1) is 10.9 Å². The highest BCUT2D eigenvalue weighted by atomic mass is 32.1. The minimum absolute atomic E-state index is 0.267. The summed E-state index contributed by atoms with van der Waals surface area (Å²) >= 11 is 1.57. The number of carbonyl (C=O) groups is 1. The second-order valence-corrected chi connectivity index (χ2v) is 12.3. The Morgan fingerprint density at radius 2 is 2.05 bits per heavy atom. The van der Waals surface area contributed by atoms with Crippen LogP contribution >= 0.6 is 20.6 Å². The lowest BCUT2D eigenvalue weighted by Crippen LogP contribution is -2.31. The first-order valence-electron chi connectivity index (χ1n) is 14.6. The average molecular weight is 615 g/mol. The molecule has 4 rings (SSSR count). The largest absolute Gasteiger partial charge is 0.355 e. The number of aromatic amines is 1. The molecule has 0 saturated heterocycles. The van der Waals surface area contributed by atoms with Gasteiger partial charge in [-0.3, -0.25) is 14.8 Å². The molecule has 3 aromatic heterocycles. The van der Waals surface area contributed by atoms with Crippen molar-refractivity contribution >= 4 is 43.3 Å². The number of hydrogen-bond donors (Lipinski definition) is 2. The Balaban J connectivity index is 1.48. The van der Waals surface area contributed by atoms with E-state index in [0.29, 0.717) is 17.7 Å². The summed E-state index contributed by atoms with van der Waals surface area (Å²) in [5.41, 5.74) is 0.523. The van der Waals surface area contributed by atoms with E-state index in [9.17, 15) is 13.6 Å². The highest BCUT2D eigenvalue weighted by Crippen LogP contribution is 2.33. The van der Waals surface area contributed by atoms with Crippen molar-refractivity contribution < 1.29 is 13.6 Å². The molecule has 0 radical (unpaired) electrons. The SMILES string of the molecule is C=C/C(=C\C(=C/CCC)NC(=O)c1csc2c1CCN(Cc1cnc3[nH]nc(N(CCC)CCC)c3c1)C2)C(F)(F)P. The number of nitrogens with zero attached hydrogens (tertiary/aromatic N) is 4. The molecule has 0 aromatic carbocycles. The van der Waals surface area contributed by atoms with E-state index in [1.165, 1.54) is 15.3 Å². The fourth-order valence-electron chi connectivity index (χ4n) is 5.19. The van der Waals surface area contributed by atoms with Crippen LogP contribution in [0.2, 0.25) is 0 Å². The number of aromatic nitrogens is 3. The molecule has 4 heterocycles. The molecule has 1 unspecified atom stereocenters. The summed E-state index contributed by atoms with van der Waals surface area (Å²) in [7, 11) is 1.52. The van der Waals surface area contributed by atoms with Crippen LogP contribution in [-0.2, 0) is 19.5 Å². The Kier molecular flexibility index (Phi) is 11.0. The number of halogens is 2. The molecule has 1 atom stereocenters. The van der Waals surface area contributed by atoms with Crippen LogP contribution in [0.4, 0.5) is 14.6 Å². The molecule has 0 spiro atoms. The van der Waals surface area contributed by atoms with Gasteiger partial charge in [-0.15, -0.1) is 11.3 Å². The zero-order valence-electron chi connectivity index (χ0n) is 24.7. The molecule has 0 bridgehead atoms. The Morgan fingerprint density at radius 3 is 2.71 bits per heavy atom. The number of carbonyl (C=O) groups excluding carboxylic acids is 1. The van der Waals surface area contributed by atoms with Crippen LogP contribution in [-0.4, -0.2) is 51.3 Å². The third-order valence-electron chi connectivity index (χ3n) is 7.24. The van der Waals surface area contributed by atoms with E-state index in [1.54, 1.807) is 17.4 Å². The van der Waals surface area contributed by atoms with Crippen LogP contribution in [0.1, 0.15) is 72.8 Å². The van der Waals surface area contributed by atoms with Crippen molar-refractivity contribution in [3.8, 4) is 0 Å². The molecule has 226 valence electrons. The van der Waals surface area contributed by atoms with Crippen LogP contribution in [0.25, 0.3) is 11.0 Å². The minimum Gasteiger partial charge on any atom is -0.355 e. The van der Waals surface area contributed by atoms with E-state index in [0.717, 1.165) is 97.3 Å². The fourth-order valence-corrected chi connectivity index (χ4v) is 6.51. The molecular formula is C31H41F2N6OPS. The number of hydrogen-bond acceptors (Lipinski definition) is 6. The standard InChI is InChI=1S/C31H41F2N6OPS/c1-5-9-10-23(16-22(8-4)31(32,33)41)35-30(40)26-20-42-27-19-38(14-11-24(26)27)18-21-15-25-28(34-17-21)36-37-29(25)39(12-6-2)13-7-3/h8,10,15-17,20H,4-7,9,11-14,18-19,41H2,1-3H3,(H,35,40)(H,34,36,37)/b22-16+,23-10+. The lowest BCUT2D eigenvalue weighted by molar-refractivity contribution is 0.0965. The fraction of sp³-hybridized carbons (Fsp3) is 0.452. The van der Waals surface area contributed by atoms with Crippen molar-refractivity contribution in [1.29, 1.82) is 0 Å². The van der Waals surface area contributed by atoms with Crippen LogP contribution in [0.5, 0.6) is 0 Å². The predicted octanol–water partition coefficient (Wildman–Crippen LogP) is 7.20. The molecule has 3 aromatic rings. The van der Waals surface area contributed by atoms with Gasteiger partial charge in [-0.25, -0.2) is 4.98 Å². The second-order valence-electron chi connectivity index (χ2n) is 10.6. The quantitative estimate of drug-likeness (QED) is 0.148. The summed E-state index contributed by atoms with van der Waals surface area (Å²) in [6.45, 7) is 14.0. The number of alkyl halides is 2. The van der Waals surface area contributed by atoms with E-state index in [1.807, 2.05) is 18.5 Å². The van der Waals surface area contributed by atoms with E-state index >= 15 is 0 Å². The third kappa shape index (κ3) is 7.71. The summed E-state index contributed by atoms with van der Waals surface area (Å²) in [4.78, 5) is 23.8. The van der Waals surface area contributed by atoms with Gasteiger partial charge in [0, 0.05) is 60.4 Å². The second kappa shape index (κ2) is 14.5. The van der Waals surface area contributed by atoms with Gasteiger partial charge < -0.3 is 10.2 Å². The number of unbranched alkanes of at least 4 members (excludes halogenated alkanes) is 1. The van der Waals surface area contributed by atoms with Crippen LogP contribution in [0.3, 0.4) is 0 Å². The highest BCUT2D eigenvalue weighted by Gasteiger charge is 2.27. The number of fused-ring (bicyclic) bond motifs is 2. The number of amides is 1. The number of thiophene rings is 1. The highest BCUT2D eigenvalue weighted by molar-refractivity contribution is 7.18. The normalized spacial score (nSPS) is 14.7. The topological polar surface area (TPSA) is 77.1 Å². The van der Waals surface area contributed by atoms with E-state index in [2.05, 4.69) is 56.8 Å². The van der Waals surface area contributed by atoms with Gasteiger partial charge in [0.2, 0.25) is 0 Å². The first-order valence-corrected chi connectivity index (χ1v) is 16.1. The molecule has 42 heavy (non-hydrogen) atoms. The number of nitrogens with one attached hydrogen (secondary N) is 2. The van der Waals surface area contributed by atoms with E-state index in [4.69, 9.17) is 0 Å². The molecule has 2 N–H and O–H groups in total. The van der Waals surface area contributed by atoms with Gasteiger partial charge in [0.1, 0.15) is 0 Å². The maximum Gasteiger partial charge on any atom is 0.283 e. The number of allylic oxidation sites excluding steroid dienone is 4. The molecular weight excluding hydrogens is 573 g/mol. The van der Waals surface area contributed by atoms with Gasteiger partial charge >= 0.3 is 0 Å². The molecule has 1 aliphatic rings. The van der Waals surface area contributed by atoms with Gasteiger partial charge in [-0.05, 0) is 49.0 Å². The van der Waals surface area contributed by atoms with Crippen LogP contribution < -0.4 is 10.2 Å². The first kappa shape index (κ1) is 32.0. The summed E-state index contributed by atoms with van der Waals surface area (Å²) < 4.78 is 27.9. The van der Waals surface area contributed by atoms with Gasteiger partial charge in [0.25, 0.3) is 11.6 Å². The Hall–Kier alpha value is -2.94. The first-order chi connectivity index (χ1) is 20.2. The zero-order valence-corrected chi connectivity index (χ0v) is 26.7. The number of pyridine rings is 1. The maximum absolute atomic E-state index is 13.9. The van der Waals surface area contributed by atoms with Crippen molar-refractivity contribution in [1.82, 2.24) is 25.4 Å². The third-order valence-corrected chi connectivity index (χ3v) is 8.59. The lowest BCUT2D eigenvalue weighted by atomic mass is 10.0. The van der Waals surface area contributed by atoms with E-state index in [-0.39, 0.29) is 11.5 Å². The Labute approximate surface area is 253 Å². The van der Waals surface area contributed by atoms with Crippen LogP contribution in [0.15, 0.2) is 53.7 Å². The van der Waals surface area contributed by atoms with Crippen molar-refractivity contribution in [2.45, 2.75) is 71.6 Å². The summed E-state index contributed by atoms with van der Waals surface area (Å²) in [6.07, 6.45) is 10.4. The average Bonchev–Trinajstić information content (AvgIpc) is 3.57. The predicted molar refractivity (Wildman–Crippen MR) is 172 cm³/mol. The number of H-pyrrole nitrogens is 1. The lowest BCUT2D eigenvalue weighted by Gasteiger charge is -2.27. The Bertz CT molecular complexity index is 1450. The van der Waals surface area contributed by atoms with Crippen molar-refractivity contribution in [3.05, 3.63) is 75.3 Å².